The van der Waals surface area contributed by atoms with Crippen molar-refractivity contribution >= 4 is 11.9 Å². The van der Waals surface area contributed by atoms with Gasteiger partial charge in [0.2, 0.25) is 5.91 Å². The Hall–Kier alpha value is -1.10. The molecule has 0 fully saturated rings. The topological polar surface area (TPSA) is 92.4 Å². The summed E-state index contributed by atoms with van der Waals surface area (Å²) in [4.78, 5) is 22.9. The second-order valence-corrected chi connectivity index (χ2v) is 6.67. The van der Waals surface area contributed by atoms with E-state index in [1.807, 2.05) is 6.92 Å². The highest BCUT2D eigenvalue weighted by atomic mass is 16.4. The third kappa shape index (κ3) is 9.03. The van der Waals surface area contributed by atoms with Crippen LogP contribution < -0.4 is 11.1 Å². The lowest BCUT2D eigenvalue weighted by Gasteiger charge is -2.28. The van der Waals surface area contributed by atoms with E-state index in [0.717, 1.165) is 19.3 Å². The first-order chi connectivity index (χ1) is 10.3. The molecule has 0 aromatic carbocycles. The van der Waals surface area contributed by atoms with Crippen molar-refractivity contribution < 1.29 is 14.7 Å². The fourth-order valence-electron chi connectivity index (χ4n) is 2.68. The molecule has 1 amide bonds. The van der Waals surface area contributed by atoms with Gasteiger partial charge in [-0.25, -0.2) is 0 Å². The molecule has 5 heteroatoms. The van der Waals surface area contributed by atoms with Crippen LogP contribution in [-0.2, 0) is 9.59 Å². The van der Waals surface area contributed by atoms with Gasteiger partial charge in [0.05, 0.1) is 6.42 Å². The summed E-state index contributed by atoms with van der Waals surface area (Å²) in [6, 6.07) is 0. The Morgan fingerprint density at radius 3 is 2.32 bits per heavy atom. The Labute approximate surface area is 135 Å². The Kier molecular flexibility index (Phi) is 10.9. The van der Waals surface area contributed by atoms with Crippen molar-refractivity contribution in [3.8, 4) is 0 Å². The summed E-state index contributed by atoms with van der Waals surface area (Å²) in [5.74, 6) is 0.249. The van der Waals surface area contributed by atoms with Crippen LogP contribution in [0.5, 0.6) is 0 Å². The molecule has 0 saturated heterocycles. The summed E-state index contributed by atoms with van der Waals surface area (Å²) in [5, 5.41) is 12.0. The van der Waals surface area contributed by atoms with Crippen molar-refractivity contribution in [2.45, 2.75) is 59.8 Å². The van der Waals surface area contributed by atoms with E-state index >= 15 is 0 Å². The second kappa shape index (κ2) is 11.5. The molecule has 0 spiro atoms. The van der Waals surface area contributed by atoms with Gasteiger partial charge in [-0.2, -0.15) is 0 Å². The van der Waals surface area contributed by atoms with Gasteiger partial charge in [0.15, 0.2) is 0 Å². The van der Waals surface area contributed by atoms with E-state index in [2.05, 4.69) is 26.1 Å². The first-order valence-electron chi connectivity index (χ1n) is 8.50. The number of nitrogens with one attached hydrogen (secondary N) is 1. The van der Waals surface area contributed by atoms with E-state index in [4.69, 9.17) is 10.8 Å². The van der Waals surface area contributed by atoms with Crippen molar-refractivity contribution in [2.24, 2.45) is 29.4 Å². The van der Waals surface area contributed by atoms with Crippen LogP contribution >= 0.6 is 0 Å². The normalized spacial score (nSPS) is 16.6. The number of aliphatic carboxylic acids is 1. The molecule has 0 aromatic rings. The molecule has 0 saturated carbocycles. The lowest BCUT2D eigenvalue weighted by molar-refractivity contribution is -0.139. The Bertz CT molecular complexity index is 334. The predicted molar refractivity (Wildman–Crippen MR) is 89.4 cm³/mol. The highest BCUT2D eigenvalue weighted by molar-refractivity contribution is 5.76. The number of carboxylic acids is 1. The zero-order chi connectivity index (χ0) is 17.1. The molecule has 130 valence electrons. The molecule has 4 N–H and O–H groups in total. The number of nitrogens with two attached hydrogens (primary N) is 1. The third-order valence-corrected chi connectivity index (χ3v) is 4.65. The van der Waals surface area contributed by atoms with Crippen molar-refractivity contribution in [2.75, 3.05) is 13.1 Å². The molecule has 0 aliphatic carbocycles. The number of rotatable bonds is 12. The van der Waals surface area contributed by atoms with Crippen molar-refractivity contribution in [3.05, 3.63) is 0 Å². The zero-order valence-corrected chi connectivity index (χ0v) is 14.6. The Morgan fingerprint density at radius 2 is 1.82 bits per heavy atom. The average molecular weight is 314 g/mol. The molecular weight excluding hydrogens is 280 g/mol. The van der Waals surface area contributed by atoms with Crippen LogP contribution in [0.1, 0.15) is 59.8 Å². The van der Waals surface area contributed by atoms with Gasteiger partial charge >= 0.3 is 5.97 Å². The summed E-state index contributed by atoms with van der Waals surface area (Å²) in [6.45, 7) is 9.44. The Morgan fingerprint density at radius 1 is 1.18 bits per heavy atom. The fraction of sp³-hybridized carbons (Fsp3) is 0.882. The summed E-state index contributed by atoms with van der Waals surface area (Å²) in [5.41, 5.74) is 5.54. The molecule has 4 atom stereocenters. The van der Waals surface area contributed by atoms with Gasteiger partial charge in [-0.05, 0) is 36.6 Å². The molecule has 0 aliphatic rings. The predicted octanol–water partition coefficient (Wildman–Crippen LogP) is 2.64. The van der Waals surface area contributed by atoms with E-state index in [1.165, 1.54) is 0 Å². The number of hydrogen-bond acceptors (Lipinski definition) is 3. The number of carbonyl (C=O) groups is 2. The average Bonchev–Trinajstić information content (AvgIpc) is 2.47. The van der Waals surface area contributed by atoms with E-state index in [-0.39, 0.29) is 24.2 Å². The summed E-state index contributed by atoms with van der Waals surface area (Å²) >= 11 is 0. The maximum atomic E-state index is 11.9. The van der Waals surface area contributed by atoms with Gasteiger partial charge in [0, 0.05) is 13.0 Å². The fourth-order valence-corrected chi connectivity index (χ4v) is 2.68. The summed E-state index contributed by atoms with van der Waals surface area (Å²) < 4.78 is 0. The van der Waals surface area contributed by atoms with E-state index in [9.17, 15) is 9.59 Å². The highest BCUT2D eigenvalue weighted by Crippen LogP contribution is 2.26. The van der Waals surface area contributed by atoms with E-state index in [1.54, 1.807) is 0 Å². The molecule has 5 nitrogen and oxygen atoms in total. The van der Waals surface area contributed by atoms with Crippen LogP contribution in [0.15, 0.2) is 0 Å². The van der Waals surface area contributed by atoms with Gasteiger partial charge in [0.25, 0.3) is 0 Å². The summed E-state index contributed by atoms with van der Waals surface area (Å²) in [7, 11) is 0. The van der Waals surface area contributed by atoms with Crippen LogP contribution in [0.2, 0.25) is 0 Å². The Balaban J connectivity index is 4.40. The largest absolute Gasteiger partial charge is 0.481 e. The molecule has 0 rings (SSSR count). The lowest BCUT2D eigenvalue weighted by atomic mass is 9.80. The minimum atomic E-state index is -0.799. The number of carboxylic acid groups (broad SMARTS) is 1. The first kappa shape index (κ1) is 20.9. The van der Waals surface area contributed by atoms with Crippen LogP contribution in [0.3, 0.4) is 0 Å². The first-order valence-corrected chi connectivity index (χ1v) is 8.50. The van der Waals surface area contributed by atoms with Crippen molar-refractivity contribution in [1.29, 1.82) is 0 Å². The smallest absolute Gasteiger partial charge is 0.303 e. The summed E-state index contributed by atoms with van der Waals surface area (Å²) in [6.07, 6.45) is 3.51. The minimum absolute atomic E-state index is 0.00830. The third-order valence-electron chi connectivity index (χ3n) is 4.65. The standard InChI is InChI=1S/C17H34N2O3/c1-5-6-13(3)14(4)15(9-17(21)22)11-19-16(20)8-7-12(2)10-18/h12-15H,5-11,18H2,1-4H3,(H,19,20)(H,21,22). The van der Waals surface area contributed by atoms with Crippen LogP contribution in [-0.4, -0.2) is 30.1 Å². The molecule has 4 unspecified atom stereocenters. The molecule has 0 aliphatic heterocycles. The molecular formula is C17H34N2O3. The SMILES string of the molecule is CCCC(C)C(C)C(CNC(=O)CCC(C)CN)CC(=O)O. The molecule has 0 heterocycles. The molecule has 0 radical (unpaired) electrons. The van der Waals surface area contributed by atoms with Gasteiger partial charge in [-0.15, -0.1) is 0 Å². The number of carbonyl (C=O) groups excluding carboxylic acids is 1. The van der Waals surface area contributed by atoms with Gasteiger partial charge in [-0.1, -0.05) is 40.5 Å². The van der Waals surface area contributed by atoms with Gasteiger partial charge in [0.1, 0.15) is 0 Å². The van der Waals surface area contributed by atoms with Crippen molar-refractivity contribution in [1.82, 2.24) is 5.32 Å². The molecule has 0 aromatic heterocycles. The lowest BCUT2D eigenvalue weighted by Crippen LogP contribution is -2.35. The van der Waals surface area contributed by atoms with E-state index < -0.39 is 5.97 Å². The molecule has 0 bridgehead atoms. The monoisotopic (exact) mass is 314 g/mol. The molecule has 22 heavy (non-hydrogen) atoms. The van der Waals surface area contributed by atoms with Crippen molar-refractivity contribution in [3.63, 3.8) is 0 Å². The van der Waals surface area contributed by atoms with Crippen LogP contribution in [0.25, 0.3) is 0 Å². The van der Waals surface area contributed by atoms with Crippen LogP contribution in [0, 0.1) is 23.7 Å². The van der Waals surface area contributed by atoms with Gasteiger partial charge in [-0.3, -0.25) is 9.59 Å². The highest BCUT2D eigenvalue weighted by Gasteiger charge is 2.25. The maximum absolute atomic E-state index is 11.9. The maximum Gasteiger partial charge on any atom is 0.303 e. The van der Waals surface area contributed by atoms with Gasteiger partial charge < -0.3 is 16.2 Å². The number of hydrogen-bond donors (Lipinski definition) is 3. The minimum Gasteiger partial charge on any atom is -0.481 e. The van der Waals surface area contributed by atoms with E-state index in [0.29, 0.717) is 31.3 Å². The second-order valence-electron chi connectivity index (χ2n) is 6.67. The number of amides is 1. The quantitative estimate of drug-likeness (QED) is 0.516. The zero-order valence-electron chi connectivity index (χ0n) is 14.6. The van der Waals surface area contributed by atoms with Crippen LogP contribution in [0.4, 0.5) is 0 Å².